The highest BCUT2D eigenvalue weighted by Crippen LogP contribution is 2.51. The lowest BCUT2D eigenvalue weighted by Gasteiger charge is -2.39. The molecule has 206 valence electrons. The summed E-state index contributed by atoms with van der Waals surface area (Å²) in [5.74, 6) is 0.321. The molecule has 2 N–H and O–H groups in total. The van der Waals surface area contributed by atoms with Crippen LogP contribution in [0.5, 0.6) is 0 Å². The van der Waals surface area contributed by atoms with Crippen molar-refractivity contribution >= 4 is 11.8 Å². The Hall–Kier alpha value is -3.63. The van der Waals surface area contributed by atoms with E-state index in [4.69, 9.17) is 0 Å². The van der Waals surface area contributed by atoms with Gasteiger partial charge in [0.2, 0.25) is 0 Å². The van der Waals surface area contributed by atoms with Crippen LogP contribution >= 0.6 is 11.8 Å². The van der Waals surface area contributed by atoms with Gasteiger partial charge >= 0.3 is 0 Å². The molecule has 6 rings (SSSR count). The van der Waals surface area contributed by atoms with Crippen LogP contribution in [0.25, 0.3) is 0 Å². The summed E-state index contributed by atoms with van der Waals surface area (Å²) in [7, 11) is 0. The molecule has 0 saturated carbocycles. The Morgan fingerprint density at radius 3 is 1.46 bits per heavy atom. The van der Waals surface area contributed by atoms with Crippen LogP contribution in [0.2, 0.25) is 0 Å². The number of thioether (sulfide) groups is 1. The minimum Gasteiger partial charge on any atom is -0.314 e. The molecule has 41 heavy (non-hydrogen) atoms. The third-order valence-electron chi connectivity index (χ3n) is 8.27. The molecule has 5 aromatic carbocycles. The third kappa shape index (κ3) is 6.18. The van der Waals surface area contributed by atoms with Gasteiger partial charge in [-0.2, -0.15) is 0 Å². The molecule has 1 saturated heterocycles. The Balaban J connectivity index is 1.27. The van der Waals surface area contributed by atoms with Gasteiger partial charge in [-0.1, -0.05) is 152 Å². The van der Waals surface area contributed by atoms with Crippen molar-refractivity contribution in [2.24, 2.45) is 0 Å². The standard InChI is InChI=1S/C38H38N2S/c1-6-16-30(17-7-1)35(31-18-8-2-9-19-31)28-39-29-36-37(26-27-40-36)41-38(32-20-10-3-11-21-32,33-22-12-4-13-23-33)34-24-14-5-15-25-34/h1-25,35-37,39-40H,26-29H2. The summed E-state index contributed by atoms with van der Waals surface area (Å²) in [6.45, 7) is 2.88. The van der Waals surface area contributed by atoms with Crippen molar-refractivity contribution in [2.75, 3.05) is 19.6 Å². The molecular weight excluding hydrogens is 516 g/mol. The van der Waals surface area contributed by atoms with E-state index in [1.165, 1.54) is 27.8 Å². The van der Waals surface area contributed by atoms with E-state index in [1.54, 1.807) is 0 Å². The van der Waals surface area contributed by atoms with Crippen molar-refractivity contribution in [3.63, 3.8) is 0 Å². The van der Waals surface area contributed by atoms with E-state index >= 15 is 0 Å². The number of hydrogen-bond acceptors (Lipinski definition) is 3. The van der Waals surface area contributed by atoms with E-state index < -0.39 is 0 Å². The zero-order valence-electron chi connectivity index (χ0n) is 23.4. The Labute approximate surface area is 249 Å². The zero-order valence-corrected chi connectivity index (χ0v) is 24.2. The van der Waals surface area contributed by atoms with E-state index in [-0.39, 0.29) is 4.75 Å². The molecule has 3 heteroatoms. The minimum absolute atomic E-state index is 0.296. The van der Waals surface area contributed by atoms with Gasteiger partial charge in [0.1, 0.15) is 0 Å². The number of benzene rings is 5. The predicted molar refractivity (Wildman–Crippen MR) is 175 cm³/mol. The lowest BCUT2D eigenvalue weighted by atomic mass is 9.84. The zero-order chi connectivity index (χ0) is 27.7. The number of nitrogens with one attached hydrogen (secondary N) is 2. The SMILES string of the molecule is c1ccc(C(CNCC2NCCC2SC(c2ccccc2)(c2ccccc2)c2ccccc2)c2ccccc2)cc1. The van der Waals surface area contributed by atoms with Crippen LogP contribution in [0, 0.1) is 0 Å². The molecule has 0 radical (unpaired) electrons. The van der Waals surface area contributed by atoms with Gasteiger partial charge in [-0.3, -0.25) is 0 Å². The maximum absolute atomic E-state index is 3.88. The molecule has 2 atom stereocenters. The number of hydrogen-bond donors (Lipinski definition) is 2. The first-order valence-electron chi connectivity index (χ1n) is 14.7. The Kier molecular flexibility index (Phi) is 8.97. The van der Waals surface area contributed by atoms with Crippen molar-refractivity contribution in [1.29, 1.82) is 0 Å². The smallest absolute Gasteiger partial charge is 0.0910 e. The topological polar surface area (TPSA) is 24.1 Å². The monoisotopic (exact) mass is 554 g/mol. The van der Waals surface area contributed by atoms with Crippen LogP contribution in [0.4, 0.5) is 0 Å². The lowest BCUT2D eigenvalue weighted by molar-refractivity contribution is 0.529. The normalized spacial score (nSPS) is 17.1. The predicted octanol–water partition coefficient (Wildman–Crippen LogP) is 7.86. The van der Waals surface area contributed by atoms with Gasteiger partial charge in [0, 0.05) is 30.3 Å². The van der Waals surface area contributed by atoms with Crippen LogP contribution < -0.4 is 10.6 Å². The Morgan fingerprint density at radius 2 is 1.02 bits per heavy atom. The van der Waals surface area contributed by atoms with Gasteiger partial charge in [0.05, 0.1) is 4.75 Å². The molecule has 1 aliphatic heterocycles. The Bertz CT molecular complexity index is 1320. The first-order valence-corrected chi connectivity index (χ1v) is 15.6. The van der Waals surface area contributed by atoms with Crippen LogP contribution in [-0.4, -0.2) is 30.9 Å². The van der Waals surface area contributed by atoms with Gasteiger partial charge in [-0.05, 0) is 40.8 Å². The fourth-order valence-electron chi connectivity index (χ4n) is 6.22. The molecule has 2 unspecified atom stereocenters. The van der Waals surface area contributed by atoms with E-state index in [1.807, 2.05) is 0 Å². The first kappa shape index (κ1) is 27.5. The molecule has 1 aliphatic rings. The second kappa shape index (κ2) is 13.4. The lowest BCUT2D eigenvalue weighted by Crippen LogP contribution is -2.42. The molecule has 0 aliphatic carbocycles. The van der Waals surface area contributed by atoms with Gasteiger partial charge in [0.15, 0.2) is 0 Å². The summed E-state index contributed by atoms with van der Waals surface area (Å²) < 4.78 is -0.296. The largest absolute Gasteiger partial charge is 0.314 e. The minimum atomic E-state index is -0.296. The van der Waals surface area contributed by atoms with Crippen LogP contribution in [0.3, 0.4) is 0 Å². The van der Waals surface area contributed by atoms with Crippen LogP contribution in [0.15, 0.2) is 152 Å². The average Bonchev–Trinajstić information content (AvgIpc) is 3.50. The molecule has 2 nitrogen and oxygen atoms in total. The van der Waals surface area contributed by atoms with E-state index in [0.717, 1.165) is 26.1 Å². The number of rotatable bonds is 11. The molecule has 0 aromatic heterocycles. The van der Waals surface area contributed by atoms with Gasteiger partial charge in [0.25, 0.3) is 0 Å². The summed E-state index contributed by atoms with van der Waals surface area (Å²) >= 11 is 2.12. The summed E-state index contributed by atoms with van der Waals surface area (Å²) in [4.78, 5) is 0. The maximum atomic E-state index is 3.88. The fraction of sp³-hybridized carbons (Fsp3) is 0.211. The summed E-state index contributed by atoms with van der Waals surface area (Å²) in [6.07, 6.45) is 1.14. The highest BCUT2D eigenvalue weighted by atomic mass is 32.2. The molecular formula is C38H38N2S. The quantitative estimate of drug-likeness (QED) is 0.163. The van der Waals surface area contributed by atoms with Gasteiger partial charge in [-0.15, -0.1) is 11.8 Å². The Morgan fingerprint density at radius 1 is 0.610 bits per heavy atom. The van der Waals surface area contributed by atoms with E-state index in [2.05, 4.69) is 174 Å². The highest BCUT2D eigenvalue weighted by Gasteiger charge is 2.42. The molecule has 0 bridgehead atoms. The summed E-state index contributed by atoms with van der Waals surface area (Å²) in [5, 5.41) is 8.19. The summed E-state index contributed by atoms with van der Waals surface area (Å²) in [5.41, 5.74) is 6.69. The van der Waals surface area contributed by atoms with Crippen LogP contribution in [0.1, 0.15) is 40.2 Å². The van der Waals surface area contributed by atoms with Gasteiger partial charge in [-0.25, -0.2) is 0 Å². The van der Waals surface area contributed by atoms with E-state index in [9.17, 15) is 0 Å². The molecule has 1 heterocycles. The highest BCUT2D eigenvalue weighted by molar-refractivity contribution is 8.01. The fourth-order valence-corrected chi connectivity index (χ4v) is 8.08. The first-order chi connectivity index (χ1) is 20.3. The van der Waals surface area contributed by atoms with Crippen LogP contribution in [-0.2, 0) is 4.75 Å². The second-order valence-corrected chi connectivity index (χ2v) is 12.3. The average molecular weight is 555 g/mol. The summed E-state index contributed by atoms with van der Waals surface area (Å²) in [6, 6.07) is 55.4. The van der Waals surface area contributed by atoms with Crippen molar-refractivity contribution in [3.05, 3.63) is 179 Å². The molecule has 0 spiro atoms. The third-order valence-corrected chi connectivity index (χ3v) is 10.2. The molecule has 5 aromatic rings. The van der Waals surface area contributed by atoms with Gasteiger partial charge < -0.3 is 10.6 Å². The molecule has 0 amide bonds. The second-order valence-electron chi connectivity index (χ2n) is 10.8. The van der Waals surface area contributed by atoms with E-state index in [0.29, 0.717) is 17.2 Å². The maximum Gasteiger partial charge on any atom is 0.0910 e. The molecule has 1 fully saturated rings. The van der Waals surface area contributed by atoms with Crippen molar-refractivity contribution in [2.45, 2.75) is 28.4 Å². The van der Waals surface area contributed by atoms with Crippen molar-refractivity contribution in [3.8, 4) is 0 Å². The van der Waals surface area contributed by atoms with Crippen molar-refractivity contribution < 1.29 is 0 Å². The van der Waals surface area contributed by atoms with Crippen molar-refractivity contribution in [1.82, 2.24) is 10.6 Å².